The molecule has 0 aliphatic carbocycles. The van der Waals surface area contributed by atoms with Crippen LogP contribution in [0.15, 0.2) is 0 Å². The largest absolute Gasteiger partial charge is 0.469 e. The molecular formula is C11H20N2O4. The van der Waals surface area contributed by atoms with Crippen LogP contribution in [0.1, 0.15) is 27.2 Å². The van der Waals surface area contributed by atoms with Gasteiger partial charge in [0.15, 0.2) is 0 Å². The van der Waals surface area contributed by atoms with E-state index in [1.54, 1.807) is 20.8 Å². The standard InChI is InChI=1S/C11H20N2O4/c1-10(2,3)17-9(15)13-6-11(12,7-13)5-8(14)16-4/h5-7,12H2,1-4H3. The van der Waals surface area contributed by atoms with E-state index in [0.717, 1.165) is 0 Å². The summed E-state index contributed by atoms with van der Waals surface area (Å²) >= 11 is 0. The quantitative estimate of drug-likeness (QED) is 0.715. The Morgan fingerprint density at radius 3 is 2.29 bits per heavy atom. The Kier molecular flexibility index (Phi) is 3.66. The highest BCUT2D eigenvalue weighted by Gasteiger charge is 2.45. The molecule has 0 unspecified atom stereocenters. The normalized spacial score (nSPS) is 18.3. The molecule has 0 spiro atoms. The lowest BCUT2D eigenvalue weighted by molar-refractivity contribution is -0.143. The van der Waals surface area contributed by atoms with Gasteiger partial charge in [-0.3, -0.25) is 4.79 Å². The van der Waals surface area contributed by atoms with Crippen molar-refractivity contribution in [1.82, 2.24) is 4.90 Å². The molecule has 0 aromatic heterocycles. The summed E-state index contributed by atoms with van der Waals surface area (Å²) in [6.07, 6.45) is -0.286. The van der Waals surface area contributed by atoms with Gasteiger partial charge in [0, 0.05) is 13.1 Å². The van der Waals surface area contributed by atoms with E-state index in [-0.39, 0.29) is 12.4 Å². The predicted octanol–water partition coefficient (Wildman–Crippen LogP) is 0.498. The minimum atomic E-state index is -0.677. The van der Waals surface area contributed by atoms with Crippen molar-refractivity contribution in [3.8, 4) is 0 Å². The van der Waals surface area contributed by atoms with Crippen molar-refractivity contribution in [2.45, 2.75) is 38.3 Å². The number of hydrogen-bond acceptors (Lipinski definition) is 5. The molecule has 1 amide bonds. The lowest BCUT2D eigenvalue weighted by atomic mass is 9.88. The first kappa shape index (κ1) is 13.8. The number of hydrogen-bond donors (Lipinski definition) is 1. The maximum atomic E-state index is 11.6. The average molecular weight is 244 g/mol. The molecule has 1 rings (SSSR count). The molecule has 1 saturated heterocycles. The fourth-order valence-corrected chi connectivity index (χ4v) is 1.64. The van der Waals surface area contributed by atoms with Crippen molar-refractivity contribution in [2.24, 2.45) is 5.73 Å². The van der Waals surface area contributed by atoms with Gasteiger partial charge in [0.1, 0.15) is 5.60 Å². The smallest absolute Gasteiger partial charge is 0.410 e. The summed E-state index contributed by atoms with van der Waals surface area (Å²) in [6, 6.07) is 0. The predicted molar refractivity (Wildman–Crippen MR) is 61.4 cm³/mol. The summed E-state index contributed by atoms with van der Waals surface area (Å²) in [5.41, 5.74) is 4.72. The molecule has 0 bridgehead atoms. The van der Waals surface area contributed by atoms with Crippen molar-refractivity contribution in [2.75, 3.05) is 20.2 Å². The number of nitrogens with zero attached hydrogens (tertiary/aromatic N) is 1. The second-order valence-electron chi connectivity index (χ2n) is 5.45. The number of methoxy groups -OCH3 is 1. The third-order valence-corrected chi connectivity index (χ3v) is 2.39. The van der Waals surface area contributed by atoms with Crippen LogP contribution in [0.25, 0.3) is 0 Å². The summed E-state index contributed by atoms with van der Waals surface area (Å²) in [5, 5.41) is 0. The first-order valence-corrected chi connectivity index (χ1v) is 5.49. The zero-order valence-corrected chi connectivity index (χ0v) is 10.8. The van der Waals surface area contributed by atoms with Crippen LogP contribution in [0.5, 0.6) is 0 Å². The molecule has 17 heavy (non-hydrogen) atoms. The fourth-order valence-electron chi connectivity index (χ4n) is 1.64. The lowest BCUT2D eigenvalue weighted by Gasteiger charge is -2.46. The van der Waals surface area contributed by atoms with E-state index in [2.05, 4.69) is 4.74 Å². The van der Waals surface area contributed by atoms with Crippen molar-refractivity contribution in [3.63, 3.8) is 0 Å². The SMILES string of the molecule is COC(=O)CC1(N)CN(C(=O)OC(C)(C)C)C1. The lowest BCUT2D eigenvalue weighted by Crippen LogP contribution is -2.69. The Bertz CT molecular complexity index is 316. The van der Waals surface area contributed by atoms with Gasteiger partial charge in [0.2, 0.25) is 0 Å². The fraction of sp³-hybridized carbons (Fsp3) is 0.818. The van der Waals surface area contributed by atoms with Crippen LogP contribution >= 0.6 is 0 Å². The second kappa shape index (κ2) is 4.52. The first-order chi connectivity index (χ1) is 7.65. The van der Waals surface area contributed by atoms with Crippen LogP contribution in [0.3, 0.4) is 0 Å². The van der Waals surface area contributed by atoms with E-state index in [9.17, 15) is 9.59 Å². The molecule has 1 heterocycles. The Morgan fingerprint density at radius 2 is 1.88 bits per heavy atom. The molecule has 1 fully saturated rings. The van der Waals surface area contributed by atoms with Crippen LogP contribution in [-0.2, 0) is 14.3 Å². The number of ether oxygens (including phenoxy) is 2. The van der Waals surface area contributed by atoms with Crippen LogP contribution in [-0.4, -0.2) is 48.3 Å². The molecule has 0 aromatic carbocycles. The molecule has 0 radical (unpaired) electrons. The Balaban J connectivity index is 2.40. The molecule has 2 N–H and O–H groups in total. The number of amides is 1. The van der Waals surface area contributed by atoms with Crippen molar-refractivity contribution >= 4 is 12.1 Å². The van der Waals surface area contributed by atoms with Gasteiger partial charge in [-0.05, 0) is 20.8 Å². The third-order valence-electron chi connectivity index (χ3n) is 2.39. The molecule has 6 heteroatoms. The van der Waals surface area contributed by atoms with Crippen LogP contribution in [0.2, 0.25) is 0 Å². The highest BCUT2D eigenvalue weighted by atomic mass is 16.6. The zero-order chi connectivity index (χ0) is 13.3. The van der Waals surface area contributed by atoms with Crippen LogP contribution < -0.4 is 5.73 Å². The number of carbonyl (C=O) groups is 2. The molecule has 0 saturated carbocycles. The summed E-state index contributed by atoms with van der Waals surface area (Å²) in [4.78, 5) is 24.2. The number of likely N-dealkylation sites (tertiary alicyclic amines) is 1. The number of carbonyl (C=O) groups excluding carboxylic acids is 2. The van der Waals surface area contributed by atoms with E-state index in [0.29, 0.717) is 13.1 Å². The van der Waals surface area contributed by atoms with Crippen molar-refractivity contribution < 1.29 is 19.1 Å². The van der Waals surface area contributed by atoms with E-state index in [1.165, 1.54) is 12.0 Å². The van der Waals surface area contributed by atoms with Crippen molar-refractivity contribution in [3.05, 3.63) is 0 Å². The van der Waals surface area contributed by atoms with Gasteiger partial charge in [0.25, 0.3) is 0 Å². The van der Waals surface area contributed by atoms with Crippen LogP contribution in [0, 0.1) is 0 Å². The number of nitrogens with two attached hydrogens (primary N) is 1. The summed E-state index contributed by atoms with van der Waals surface area (Å²) in [6.45, 7) is 6.03. The van der Waals surface area contributed by atoms with Gasteiger partial charge < -0.3 is 20.1 Å². The minimum Gasteiger partial charge on any atom is -0.469 e. The first-order valence-electron chi connectivity index (χ1n) is 5.49. The van der Waals surface area contributed by atoms with Crippen LogP contribution in [0.4, 0.5) is 4.79 Å². The van der Waals surface area contributed by atoms with E-state index >= 15 is 0 Å². The van der Waals surface area contributed by atoms with Gasteiger partial charge in [-0.15, -0.1) is 0 Å². The number of esters is 1. The van der Waals surface area contributed by atoms with Gasteiger partial charge in [-0.1, -0.05) is 0 Å². The Labute approximate surface area is 101 Å². The topological polar surface area (TPSA) is 81.9 Å². The molecule has 1 aliphatic rings. The monoisotopic (exact) mass is 244 g/mol. The van der Waals surface area contributed by atoms with Gasteiger partial charge in [-0.2, -0.15) is 0 Å². The average Bonchev–Trinajstić information content (AvgIpc) is 2.10. The summed E-state index contributed by atoms with van der Waals surface area (Å²) in [7, 11) is 1.32. The van der Waals surface area contributed by atoms with E-state index in [1.807, 2.05) is 0 Å². The molecule has 0 atom stereocenters. The molecule has 98 valence electrons. The molecular weight excluding hydrogens is 224 g/mol. The summed E-state index contributed by atoms with van der Waals surface area (Å²) < 4.78 is 9.73. The maximum absolute atomic E-state index is 11.6. The van der Waals surface area contributed by atoms with E-state index in [4.69, 9.17) is 10.5 Å². The highest BCUT2D eigenvalue weighted by molar-refractivity contribution is 5.74. The summed E-state index contributed by atoms with van der Waals surface area (Å²) in [5.74, 6) is -0.365. The maximum Gasteiger partial charge on any atom is 0.410 e. The molecule has 6 nitrogen and oxygen atoms in total. The third kappa shape index (κ3) is 3.89. The van der Waals surface area contributed by atoms with Gasteiger partial charge >= 0.3 is 12.1 Å². The van der Waals surface area contributed by atoms with Crippen molar-refractivity contribution in [1.29, 1.82) is 0 Å². The minimum absolute atomic E-state index is 0.114. The highest BCUT2D eigenvalue weighted by Crippen LogP contribution is 2.24. The molecule has 0 aromatic rings. The Hall–Kier alpha value is -1.30. The number of rotatable bonds is 2. The van der Waals surface area contributed by atoms with E-state index < -0.39 is 17.2 Å². The van der Waals surface area contributed by atoms with Gasteiger partial charge in [0.05, 0.1) is 19.1 Å². The van der Waals surface area contributed by atoms with Gasteiger partial charge in [-0.25, -0.2) is 4.79 Å². The Morgan fingerprint density at radius 1 is 1.35 bits per heavy atom. The zero-order valence-electron chi connectivity index (χ0n) is 10.8. The molecule has 1 aliphatic heterocycles. The second-order valence-corrected chi connectivity index (χ2v) is 5.45.